The van der Waals surface area contributed by atoms with Crippen molar-refractivity contribution in [3.63, 3.8) is 0 Å². The Balaban J connectivity index is 1.42. The van der Waals surface area contributed by atoms with E-state index in [4.69, 9.17) is 4.74 Å². The maximum Gasteiger partial charge on any atom is 0.134 e. The number of ketones is 1. The van der Waals surface area contributed by atoms with Crippen LogP contribution in [-0.4, -0.2) is 25.0 Å². The number of hydrogen-bond donors (Lipinski definition) is 1. The number of ether oxygens (including phenoxy) is 1. The van der Waals surface area contributed by atoms with Crippen molar-refractivity contribution in [3.05, 3.63) is 29.3 Å². The molecule has 0 unspecified atom stereocenters. The highest BCUT2D eigenvalue weighted by Gasteiger charge is 2.20. The summed E-state index contributed by atoms with van der Waals surface area (Å²) >= 11 is 0. The van der Waals surface area contributed by atoms with Crippen LogP contribution < -0.4 is 10.1 Å². The van der Waals surface area contributed by atoms with Gasteiger partial charge < -0.3 is 10.1 Å². The van der Waals surface area contributed by atoms with Crippen molar-refractivity contribution in [1.29, 1.82) is 0 Å². The van der Waals surface area contributed by atoms with Crippen LogP contribution in [0.4, 0.5) is 0 Å². The number of Topliss-reactive ketones (excluding diaryl/α,β-unsaturated/α-hetero) is 1. The molecule has 2 aliphatic rings. The second kappa shape index (κ2) is 5.74. The highest BCUT2D eigenvalue weighted by atomic mass is 16.5. The van der Waals surface area contributed by atoms with Crippen LogP contribution in [0.1, 0.15) is 36.8 Å². The fourth-order valence-electron chi connectivity index (χ4n) is 2.51. The molecule has 1 N–H and O–H groups in total. The predicted octanol–water partition coefficient (Wildman–Crippen LogP) is 2.27. The van der Waals surface area contributed by atoms with Gasteiger partial charge >= 0.3 is 0 Å². The smallest absolute Gasteiger partial charge is 0.134 e. The molecule has 1 saturated carbocycles. The van der Waals surface area contributed by atoms with Crippen molar-refractivity contribution in [1.82, 2.24) is 5.32 Å². The van der Waals surface area contributed by atoms with Crippen LogP contribution in [0, 0.1) is 0 Å². The van der Waals surface area contributed by atoms with Gasteiger partial charge in [-0.05, 0) is 36.5 Å². The van der Waals surface area contributed by atoms with Crippen LogP contribution in [0.5, 0.6) is 5.75 Å². The predicted molar refractivity (Wildman–Crippen MR) is 74.6 cm³/mol. The minimum Gasteiger partial charge on any atom is -0.493 e. The Morgan fingerprint density at radius 2 is 2.21 bits per heavy atom. The second-order valence-corrected chi connectivity index (χ2v) is 5.56. The summed E-state index contributed by atoms with van der Waals surface area (Å²) in [6.07, 6.45) is 5.76. The quantitative estimate of drug-likeness (QED) is 0.816. The third-order valence-corrected chi connectivity index (χ3v) is 3.86. The lowest BCUT2D eigenvalue weighted by Gasteiger charge is -2.05. The van der Waals surface area contributed by atoms with Gasteiger partial charge in [-0.2, -0.15) is 0 Å². The van der Waals surface area contributed by atoms with Crippen molar-refractivity contribution in [2.75, 3.05) is 13.2 Å². The van der Waals surface area contributed by atoms with Gasteiger partial charge in [0.2, 0.25) is 0 Å². The number of benzene rings is 1. The second-order valence-electron chi connectivity index (χ2n) is 5.56. The zero-order chi connectivity index (χ0) is 13.1. The fourth-order valence-corrected chi connectivity index (χ4v) is 2.51. The fraction of sp³-hybridized carbons (Fsp3) is 0.562. The highest BCUT2D eigenvalue weighted by Crippen LogP contribution is 2.26. The number of hydrogen-bond acceptors (Lipinski definition) is 3. The molecule has 0 amide bonds. The molecule has 1 fully saturated rings. The molecule has 1 aromatic carbocycles. The Morgan fingerprint density at radius 1 is 1.32 bits per heavy atom. The third kappa shape index (κ3) is 3.57. The molecule has 1 heterocycles. The Labute approximate surface area is 114 Å². The first-order valence-corrected chi connectivity index (χ1v) is 7.31. The molecule has 0 radical (unpaired) electrons. The van der Waals surface area contributed by atoms with Crippen LogP contribution in [-0.2, 0) is 17.6 Å². The zero-order valence-corrected chi connectivity index (χ0v) is 11.3. The summed E-state index contributed by atoms with van der Waals surface area (Å²) in [6.45, 7) is 1.64. The average molecular weight is 259 g/mol. The standard InChI is InChI=1S/C16H21NO2/c18-15(7-9-17-14-3-4-14)5-1-12-2-6-16-13(11-12)8-10-19-16/h2,6,11,14,17H,1,3-5,7-10H2. The molecular formula is C16H21NO2. The van der Waals surface area contributed by atoms with Gasteiger partial charge in [0.05, 0.1) is 6.61 Å². The molecular weight excluding hydrogens is 238 g/mol. The van der Waals surface area contributed by atoms with Crippen LogP contribution in [0.2, 0.25) is 0 Å². The Morgan fingerprint density at radius 3 is 3.05 bits per heavy atom. The molecule has 3 rings (SSSR count). The van der Waals surface area contributed by atoms with Crippen LogP contribution >= 0.6 is 0 Å². The van der Waals surface area contributed by atoms with Gasteiger partial charge in [0.25, 0.3) is 0 Å². The zero-order valence-electron chi connectivity index (χ0n) is 11.3. The summed E-state index contributed by atoms with van der Waals surface area (Å²) in [6, 6.07) is 7.01. The number of nitrogens with one attached hydrogen (secondary N) is 1. The lowest BCUT2D eigenvalue weighted by molar-refractivity contribution is -0.118. The van der Waals surface area contributed by atoms with Crippen molar-refractivity contribution in [2.24, 2.45) is 0 Å². The summed E-state index contributed by atoms with van der Waals surface area (Å²) < 4.78 is 5.49. The summed E-state index contributed by atoms with van der Waals surface area (Å²) in [5, 5.41) is 3.38. The maximum atomic E-state index is 11.8. The number of fused-ring (bicyclic) bond motifs is 1. The summed E-state index contributed by atoms with van der Waals surface area (Å²) in [5.74, 6) is 1.38. The first-order valence-electron chi connectivity index (χ1n) is 7.31. The number of aryl methyl sites for hydroxylation is 1. The Kier molecular flexibility index (Phi) is 3.83. The minimum absolute atomic E-state index is 0.366. The molecule has 0 aromatic heterocycles. The number of rotatable bonds is 7. The first-order chi connectivity index (χ1) is 9.31. The van der Waals surface area contributed by atoms with Crippen molar-refractivity contribution < 1.29 is 9.53 Å². The van der Waals surface area contributed by atoms with Gasteiger partial charge in [0.15, 0.2) is 0 Å². The van der Waals surface area contributed by atoms with E-state index in [1.54, 1.807) is 0 Å². The monoisotopic (exact) mass is 259 g/mol. The van der Waals surface area contributed by atoms with Gasteiger partial charge in [-0.15, -0.1) is 0 Å². The average Bonchev–Trinajstić information content (AvgIpc) is 3.12. The summed E-state index contributed by atoms with van der Waals surface area (Å²) in [5.41, 5.74) is 2.55. The lowest BCUT2D eigenvalue weighted by Crippen LogP contribution is -2.20. The van der Waals surface area contributed by atoms with E-state index in [0.717, 1.165) is 31.7 Å². The normalized spacial score (nSPS) is 17.1. The van der Waals surface area contributed by atoms with E-state index in [1.807, 2.05) is 6.07 Å². The van der Waals surface area contributed by atoms with Gasteiger partial charge in [-0.3, -0.25) is 4.79 Å². The molecule has 3 heteroatoms. The van der Waals surface area contributed by atoms with E-state index >= 15 is 0 Å². The molecule has 1 aliphatic heterocycles. The van der Waals surface area contributed by atoms with Crippen LogP contribution in [0.3, 0.4) is 0 Å². The summed E-state index contributed by atoms with van der Waals surface area (Å²) in [4.78, 5) is 11.8. The van der Waals surface area contributed by atoms with Crippen molar-refractivity contribution in [3.8, 4) is 5.75 Å². The SMILES string of the molecule is O=C(CCNC1CC1)CCc1ccc2c(c1)CCO2. The van der Waals surface area contributed by atoms with Gasteiger partial charge in [-0.25, -0.2) is 0 Å². The maximum absolute atomic E-state index is 11.8. The van der Waals surface area contributed by atoms with Crippen LogP contribution in [0.25, 0.3) is 0 Å². The van der Waals surface area contributed by atoms with E-state index in [0.29, 0.717) is 24.7 Å². The first kappa shape index (κ1) is 12.7. The molecule has 1 aliphatic carbocycles. The Hall–Kier alpha value is -1.35. The summed E-state index contributed by atoms with van der Waals surface area (Å²) in [7, 11) is 0. The van der Waals surface area contributed by atoms with E-state index in [1.165, 1.54) is 24.0 Å². The molecule has 1 aromatic rings. The molecule has 19 heavy (non-hydrogen) atoms. The molecule has 0 saturated heterocycles. The van der Waals surface area contributed by atoms with Gasteiger partial charge in [0, 0.05) is 31.8 Å². The van der Waals surface area contributed by atoms with Gasteiger partial charge in [-0.1, -0.05) is 12.1 Å². The molecule has 102 valence electrons. The van der Waals surface area contributed by atoms with Crippen molar-refractivity contribution >= 4 is 5.78 Å². The largest absolute Gasteiger partial charge is 0.493 e. The van der Waals surface area contributed by atoms with E-state index in [9.17, 15) is 4.79 Å². The molecule has 3 nitrogen and oxygen atoms in total. The van der Waals surface area contributed by atoms with Crippen molar-refractivity contribution in [2.45, 2.75) is 44.6 Å². The van der Waals surface area contributed by atoms with E-state index < -0.39 is 0 Å². The Bertz CT molecular complexity index is 466. The van der Waals surface area contributed by atoms with Crippen LogP contribution in [0.15, 0.2) is 18.2 Å². The third-order valence-electron chi connectivity index (χ3n) is 3.86. The number of carbonyl (C=O) groups is 1. The number of carbonyl (C=O) groups excluding carboxylic acids is 1. The van der Waals surface area contributed by atoms with E-state index in [2.05, 4.69) is 17.4 Å². The molecule has 0 atom stereocenters. The lowest BCUT2D eigenvalue weighted by atomic mass is 10.0. The molecule has 0 bridgehead atoms. The molecule has 0 spiro atoms. The minimum atomic E-state index is 0.366. The highest BCUT2D eigenvalue weighted by molar-refractivity contribution is 5.78. The van der Waals surface area contributed by atoms with E-state index in [-0.39, 0.29) is 0 Å². The van der Waals surface area contributed by atoms with Gasteiger partial charge in [0.1, 0.15) is 11.5 Å². The topological polar surface area (TPSA) is 38.3 Å².